The van der Waals surface area contributed by atoms with E-state index < -0.39 is 0 Å². The minimum Gasteiger partial charge on any atom is -0.326 e. The molecule has 2 heteroatoms. The molecule has 0 atom stereocenters. The van der Waals surface area contributed by atoms with E-state index in [1.165, 1.54) is 26.4 Å². The number of benzene rings is 2. The van der Waals surface area contributed by atoms with Gasteiger partial charge in [0.2, 0.25) is 0 Å². The summed E-state index contributed by atoms with van der Waals surface area (Å²) in [4.78, 5) is 2.50. The Balaban J connectivity index is 1.90. The van der Waals surface area contributed by atoms with Crippen LogP contribution >= 0.6 is 11.3 Å². The quantitative estimate of drug-likeness (QED) is 0.739. The molecule has 0 spiro atoms. The van der Waals surface area contributed by atoms with Gasteiger partial charge >= 0.3 is 0 Å². The summed E-state index contributed by atoms with van der Waals surface area (Å²) in [5.41, 5.74) is 9.41. The second-order valence-corrected chi connectivity index (χ2v) is 5.58. The molecule has 0 aliphatic rings. The van der Waals surface area contributed by atoms with Gasteiger partial charge < -0.3 is 5.73 Å². The molecule has 1 heterocycles. The van der Waals surface area contributed by atoms with E-state index in [2.05, 4.69) is 60.7 Å². The average molecular weight is 265 g/mol. The van der Waals surface area contributed by atoms with Crippen LogP contribution < -0.4 is 5.73 Å². The first-order valence-corrected chi connectivity index (χ1v) is 7.13. The fourth-order valence-corrected chi connectivity index (χ4v) is 2.99. The highest BCUT2D eigenvalue weighted by molar-refractivity contribution is 7.15. The van der Waals surface area contributed by atoms with Crippen molar-refractivity contribution in [1.29, 1.82) is 0 Å². The minimum atomic E-state index is 0.618. The summed E-state index contributed by atoms with van der Waals surface area (Å²) in [5.74, 6) is 0. The van der Waals surface area contributed by atoms with E-state index in [1.54, 1.807) is 11.3 Å². The van der Waals surface area contributed by atoms with Gasteiger partial charge in [-0.15, -0.1) is 11.3 Å². The van der Waals surface area contributed by atoms with Crippen LogP contribution in [0.1, 0.15) is 4.88 Å². The van der Waals surface area contributed by atoms with E-state index in [4.69, 9.17) is 5.73 Å². The van der Waals surface area contributed by atoms with Crippen LogP contribution in [0, 0.1) is 0 Å². The van der Waals surface area contributed by atoms with Gasteiger partial charge in [-0.05, 0) is 28.8 Å². The van der Waals surface area contributed by atoms with E-state index >= 15 is 0 Å². The summed E-state index contributed by atoms with van der Waals surface area (Å²) in [7, 11) is 0. The smallest absolute Gasteiger partial charge is 0.0346 e. The molecule has 0 saturated carbocycles. The van der Waals surface area contributed by atoms with Crippen molar-refractivity contribution in [2.45, 2.75) is 6.54 Å². The van der Waals surface area contributed by atoms with Gasteiger partial charge in [-0.25, -0.2) is 0 Å². The molecule has 1 nitrogen and oxygen atoms in total. The summed E-state index contributed by atoms with van der Waals surface area (Å²) in [6.45, 7) is 0.618. The molecule has 3 aromatic rings. The van der Waals surface area contributed by atoms with Crippen molar-refractivity contribution in [3.8, 4) is 21.6 Å². The van der Waals surface area contributed by atoms with Crippen LogP contribution in [0.15, 0.2) is 66.7 Å². The Morgan fingerprint density at radius 1 is 0.684 bits per heavy atom. The Hall–Kier alpha value is -1.90. The fourth-order valence-electron chi connectivity index (χ4n) is 2.10. The highest BCUT2D eigenvalue weighted by atomic mass is 32.1. The van der Waals surface area contributed by atoms with Crippen LogP contribution in [-0.2, 0) is 6.54 Å². The Bertz CT molecular complexity index is 653. The Morgan fingerprint density at radius 3 is 1.95 bits per heavy atom. The predicted molar refractivity (Wildman–Crippen MR) is 83.1 cm³/mol. The van der Waals surface area contributed by atoms with E-state index in [0.29, 0.717) is 6.54 Å². The third kappa shape index (κ3) is 2.60. The highest BCUT2D eigenvalue weighted by Gasteiger charge is 2.02. The Labute approximate surface area is 117 Å². The van der Waals surface area contributed by atoms with Gasteiger partial charge in [0.25, 0.3) is 0 Å². The van der Waals surface area contributed by atoms with E-state index in [0.717, 1.165) is 0 Å². The van der Waals surface area contributed by atoms with Crippen LogP contribution in [0.4, 0.5) is 0 Å². The Kier molecular flexibility index (Phi) is 3.45. The van der Waals surface area contributed by atoms with Crippen LogP contribution in [0.3, 0.4) is 0 Å². The van der Waals surface area contributed by atoms with Gasteiger partial charge in [0.1, 0.15) is 0 Å². The van der Waals surface area contributed by atoms with Crippen LogP contribution in [0.25, 0.3) is 21.6 Å². The molecule has 0 radical (unpaired) electrons. The van der Waals surface area contributed by atoms with Crippen LogP contribution in [0.2, 0.25) is 0 Å². The molecule has 0 bridgehead atoms. The monoisotopic (exact) mass is 265 g/mol. The average Bonchev–Trinajstić information content (AvgIpc) is 2.97. The maximum Gasteiger partial charge on any atom is 0.0346 e. The lowest BCUT2D eigenvalue weighted by Gasteiger charge is -2.03. The summed E-state index contributed by atoms with van der Waals surface area (Å²) in [5, 5.41) is 0. The van der Waals surface area contributed by atoms with Crippen LogP contribution in [-0.4, -0.2) is 0 Å². The molecule has 2 N–H and O–H groups in total. The van der Waals surface area contributed by atoms with Crippen molar-refractivity contribution in [2.24, 2.45) is 5.73 Å². The Morgan fingerprint density at radius 2 is 1.32 bits per heavy atom. The van der Waals surface area contributed by atoms with Crippen LogP contribution in [0.5, 0.6) is 0 Å². The normalized spacial score (nSPS) is 10.6. The first-order chi connectivity index (χ1) is 9.36. The topological polar surface area (TPSA) is 26.0 Å². The van der Waals surface area contributed by atoms with Gasteiger partial charge in [-0.2, -0.15) is 0 Å². The number of thiophene rings is 1. The molecule has 0 unspecified atom stereocenters. The van der Waals surface area contributed by atoms with E-state index in [-0.39, 0.29) is 0 Å². The molecule has 0 saturated heterocycles. The zero-order valence-corrected chi connectivity index (χ0v) is 11.4. The number of rotatable bonds is 3. The van der Waals surface area contributed by atoms with Gasteiger partial charge in [0.05, 0.1) is 0 Å². The third-order valence-corrected chi connectivity index (χ3v) is 4.30. The number of hydrogen-bond donors (Lipinski definition) is 1. The van der Waals surface area contributed by atoms with Gasteiger partial charge in [-0.1, -0.05) is 54.6 Å². The second-order valence-electron chi connectivity index (χ2n) is 4.41. The van der Waals surface area contributed by atoms with E-state index in [9.17, 15) is 0 Å². The van der Waals surface area contributed by atoms with E-state index in [1.807, 2.05) is 6.07 Å². The molecule has 0 aliphatic carbocycles. The fraction of sp³-hybridized carbons (Fsp3) is 0.0588. The first kappa shape index (κ1) is 12.2. The lowest BCUT2D eigenvalue weighted by atomic mass is 10.0. The summed E-state index contributed by atoms with van der Waals surface area (Å²) in [6.07, 6.45) is 0. The zero-order chi connectivity index (χ0) is 13.1. The van der Waals surface area contributed by atoms with Gasteiger partial charge in [-0.3, -0.25) is 0 Å². The molecule has 2 aromatic carbocycles. The van der Waals surface area contributed by atoms with Crippen molar-refractivity contribution >= 4 is 11.3 Å². The largest absolute Gasteiger partial charge is 0.326 e. The second kappa shape index (κ2) is 5.39. The highest BCUT2D eigenvalue weighted by Crippen LogP contribution is 2.29. The minimum absolute atomic E-state index is 0.618. The lowest BCUT2D eigenvalue weighted by Crippen LogP contribution is -1.90. The van der Waals surface area contributed by atoms with Crippen molar-refractivity contribution in [1.82, 2.24) is 0 Å². The van der Waals surface area contributed by atoms with Crippen molar-refractivity contribution < 1.29 is 0 Å². The summed E-state index contributed by atoms with van der Waals surface area (Å²) in [6, 6.07) is 23.4. The molecule has 0 aliphatic heterocycles. The molecule has 94 valence electrons. The molecule has 0 amide bonds. The molecular formula is C17H15NS. The summed E-state index contributed by atoms with van der Waals surface area (Å²) >= 11 is 1.76. The van der Waals surface area contributed by atoms with Crippen molar-refractivity contribution in [2.75, 3.05) is 0 Å². The van der Waals surface area contributed by atoms with Gasteiger partial charge in [0.15, 0.2) is 0 Å². The lowest BCUT2D eigenvalue weighted by molar-refractivity contribution is 1.11. The standard InChI is InChI=1S/C17H15NS/c18-12-16-10-11-17(19-16)15-8-6-14(7-9-15)13-4-2-1-3-5-13/h1-11H,12,18H2. The van der Waals surface area contributed by atoms with Crippen molar-refractivity contribution in [3.05, 3.63) is 71.6 Å². The molecular weight excluding hydrogens is 250 g/mol. The maximum atomic E-state index is 5.65. The summed E-state index contributed by atoms with van der Waals surface area (Å²) < 4.78 is 0. The molecule has 0 fully saturated rings. The SMILES string of the molecule is NCc1ccc(-c2ccc(-c3ccccc3)cc2)s1. The number of nitrogens with two attached hydrogens (primary N) is 1. The third-order valence-electron chi connectivity index (χ3n) is 3.14. The predicted octanol–water partition coefficient (Wildman–Crippen LogP) is 4.54. The zero-order valence-electron chi connectivity index (χ0n) is 10.5. The first-order valence-electron chi connectivity index (χ1n) is 6.31. The number of hydrogen-bond acceptors (Lipinski definition) is 2. The molecule has 19 heavy (non-hydrogen) atoms. The maximum absolute atomic E-state index is 5.65. The molecule has 3 rings (SSSR count). The van der Waals surface area contributed by atoms with Gasteiger partial charge in [0, 0.05) is 16.3 Å². The molecule has 1 aromatic heterocycles. The van der Waals surface area contributed by atoms with Crippen molar-refractivity contribution in [3.63, 3.8) is 0 Å².